The van der Waals surface area contributed by atoms with E-state index in [1.807, 2.05) is 73.8 Å². The Morgan fingerprint density at radius 2 is 1.75 bits per heavy atom. The SMILES string of the molecule is Cc1cc(C)cc(-n2c(SCc3csc(-c4ccccn4)n3)nc3ccccc3c2=O)c1. The summed E-state index contributed by atoms with van der Waals surface area (Å²) in [7, 11) is 0. The van der Waals surface area contributed by atoms with Crippen molar-refractivity contribution in [1.29, 1.82) is 0 Å². The third-order valence-electron chi connectivity index (χ3n) is 4.99. The van der Waals surface area contributed by atoms with Crippen LogP contribution in [0.4, 0.5) is 0 Å². The summed E-state index contributed by atoms with van der Waals surface area (Å²) < 4.78 is 1.72. The quantitative estimate of drug-likeness (QED) is 0.247. The van der Waals surface area contributed by atoms with Crippen molar-refractivity contribution in [3.63, 3.8) is 0 Å². The van der Waals surface area contributed by atoms with E-state index in [1.54, 1.807) is 22.1 Å². The van der Waals surface area contributed by atoms with Gasteiger partial charge >= 0.3 is 0 Å². The minimum atomic E-state index is -0.0597. The third-order valence-corrected chi connectivity index (χ3v) is 6.88. The number of pyridine rings is 1. The highest BCUT2D eigenvalue weighted by Crippen LogP contribution is 2.28. The minimum Gasteiger partial charge on any atom is -0.268 e. The van der Waals surface area contributed by atoms with E-state index in [4.69, 9.17) is 9.97 Å². The Bertz CT molecular complexity index is 1450. The standard InChI is InChI=1S/C25H20N4OS2/c1-16-11-17(2)13-19(12-16)29-24(30)20-7-3-4-8-21(20)28-25(29)32-15-18-14-31-23(27-18)22-9-5-6-10-26-22/h3-14H,15H2,1-2H3. The number of rotatable bonds is 5. The Labute approximate surface area is 193 Å². The molecule has 0 aliphatic rings. The number of hydrogen-bond acceptors (Lipinski definition) is 6. The second kappa shape index (κ2) is 8.68. The molecule has 2 aromatic carbocycles. The van der Waals surface area contributed by atoms with E-state index >= 15 is 0 Å². The molecule has 5 rings (SSSR count). The van der Waals surface area contributed by atoms with Gasteiger partial charge in [0, 0.05) is 17.3 Å². The lowest BCUT2D eigenvalue weighted by molar-refractivity contribution is 0.817. The van der Waals surface area contributed by atoms with Gasteiger partial charge in [-0.05, 0) is 61.4 Å². The van der Waals surface area contributed by atoms with Crippen LogP contribution >= 0.6 is 23.1 Å². The Hall–Kier alpha value is -3.29. The highest BCUT2D eigenvalue weighted by atomic mass is 32.2. The van der Waals surface area contributed by atoms with Crippen LogP contribution in [0.15, 0.2) is 82.2 Å². The van der Waals surface area contributed by atoms with Gasteiger partial charge in [0.15, 0.2) is 5.16 Å². The minimum absolute atomic E-state index is 0.0597. The highest BCUT2D eigenvalue weighted by Gasteiger charge is 2.15. The zero-order valence-electron chi connectivity index (χ0n) is 17.6. The van der Waals surface area contributed by atoms with E-state index in [0.29, 0.717) is 21.8 Å². The number of thioether (sulfide) groups is 1. The maximum atomic E-state index is 13.5. The first-order valence-electron chi connectivity index (χ1n) is 10.2. The molecule has 0 aliphatic heterocycles. The molecule has 0 saturated heterocycles. The highest BCUT2D eigenvalue weighted by molar-refractivity contribution is 7.98. The van der Waals surface area contributed by atoms with Crippen molar-refractivity contribution in [1.82, 2.24) is 19.5 Å². The van der Waals surface area contributed by atoms with Crippen LogP contribution in [0.3, 0.4) is 0 Å². The van der Waals surface area contributed by atoms with Crippen molar-refractivity contribution < 1.29 is 0 Å². The molecule has 5 nitrogen and oxygen atoms in total. The number of fused-ring (bicyclic) bond motifs is 1. The Balaban J connectivity index is 1.55. The van der Waals surface area contributed by atoms with Gasteiger partial charge in [0.05, 0.1) is 28.0 Å². The first kappa shape index (κ1) is 20.6. The topological polar surface area (TPSA) is 60.7 Å². The summed E-state index contributed by atoms with van der Waals surface area (Å²) in [6.45, 7) is 4.08. The largest absolute Gasteiger partial charge is 0.268 e. The van der Waals surface area contributed by atoms with Crippen molar-refractivity contribution in [3.05, 3.63) is 99.4 Å². The lowest BCUT2D eigenvalue weighted by Gasteiger charge is -2.14. The van der Waals surface area contributed by atoms with Gasteiger partial charge in [0.25, 0.3) is 5.56 Å². The lowest BCUT2D eigenvalue weighted by Crippen LogP contribution is -2.22. The van der Waals surface area contributed by atoms with E-state index in [0.717, 1.165) is 33.2 Å². The monoisotopic (exact) mass is 456 g/mol. The fourth-order valence-corrected chi connectivity index (χ4v) is 5.44. The molecule has 158 valence electrons. The van der Waals surface area contributed by atoms with Crippen molar-refractivity contribution >= 4 is 34.0 Å². The lowest BCUT2D eigenvalue weighted by atomic mass is 10.1. The van der Waals surface area contributed by atoms with E-state index in [2.05, 4.69) is 11.1 Å². The number of thiazole rings is 1. The van der Waals surface area contributed by atoms with E-state index in [1.165, 1.54) is 11.8 Å². The molecule has 0 amide bonds. The number of benzene rings is 2. The molecule has 0 unspecified atom stereocenters. The van der Waals surface area contributed by atoms with Gasteiger partial charge in [-0.1, -0.05) is 36.0 Å². The predicted octanol–water partition coefficient (Wildman–Crippen LogP) is 5.81. The number of hydrogen-bond donors (Lipinski definition) is 0. The molecular formula is C25H20N4OS2. The summed E-state index contributed by atoms with van der Waals surface area (Å²) >= 11 is 3.09. The molecule has 0 radical (unpaired) electrons. The molecule has 0 atom stereocenters. The van der Waals surface area contributed by atoms with Crippen molar-refractivity contribution in [3.8, 4) is 16.4 Å². The molecule has 5 aromatic rings. The van der Waals surface area contributed by atoms with Crippen LogP contribution in [0.1, 0.15) is 16.8 Å². The number of nitrogens with zero attached hydrogens (tertiary/aromatic N) is 4. The summed E-state index contributed by atoms with van der Waals surface area (Å²) in [4.78, 5) is 27.4. The van der Waals surface area contributed by atoms with Gasteiger partial charge in [0.2, 0.25) is 0 Å². The van der Waals surface area contributed by atoms with Crippen LogP contribution in [0.2, 0.25) is 0 Å². The van der Waals surface area contributed by atoms with Crippen LogP contribution in [-0.4, -0.2) is 19.5 Å². The molecule has 0 fully saturated rings. The zero-order valence-corrected chi connectivity index (χ0v) is 19.3. The van der Waals surface area contributed by atoms with E-state index in [9.17, 15) is 4.79 Å². The summed E-state index contributed by atoms with van der Waals surface area (Å²) in [6.07, 6.45) is 1.77. The fourth-order valence-electron chi connectivity index (χ4n) is 3.64. The molecule has 32 heavy (non-hydrogen) atoms. The smallest absolute Gasteiger partial charge is 0.266 e. The van der Waals surface area contributed by atoms with Gasteiger partial charge in [0.1, 0.15) is 5.01 Å². The summed E-state index contributed by atoms with van der Waals surface area (Å²) in [6, 6.07) is 19.5. The number of para-hydroxylation sites is 1. The van der Waals surface area contributed by atoms with Gasteiger partial charge in [-0.3, -0.25) is 14.3 Å². The number of aromatic nitrogens is 4. The van der Waals surface area contributed by atoms with Gasteiger partial charge in [-0.25, -0.2) is 9.97 Å². The Kier molecular flexibility index (Phi) is 5.59. The molecular weight excluding hydrogens is 436 g/mol. The second-order valence-electron chi connectivity index (χ2n) is 7.55. The van der Waals surface area contributed by atoms with Crippen LogP contribution in [-0.2, 0) is 5.75 Å². The molecule has 0 aliphatic carbocycles. The van der Waals surface area contributed by atoms with Crippen LogP contribution in [0.25, 0.3) is 27.3 Å². The van der Waals surface area contributed by atoms with Crippen LogP contribution in [0.5, 0.6) is 0 Å². The average molecular weight is 457 g/mol. The van der Waals surface area contributed by atoms with Crippen molar-refractivity contribution in [2.24, 2.45) is 0 Å². The zero-order chi connectivity index (χ0) is 22.1. The summed E-state index contributed by atoms with van der Waals surface area (Å²) in [5.74, 6) is 0.610. The Morgan fingerprint density at radius 1 is 0.969 bits per heavy atom. The first-order chi connectivity index (χ1) is 15.6. The Morgan fingerprint density at radius 3 is 2.53 bits per heavy atom. The van der Waals surface area contributed by atoms with Crippen molar-refractivity contribution in [2.75, 3.05) is 0 Å². The molecule has 7 heteroatoms. The number of aryl methyl sites for hydroxylation is 2. The predicted molar refractivity (Wildman–Crippen MR) is 132 cm³/mol. The molecule has 0 N–H and O–H groups in total. The summed E-state index contributed by atoms with van der Waals surface area (Å²) in [5.41, 5.74) is 5.50. The molecule has 3 aromatic heterocycles. The summed E-state index contributed by atoms with van der Waals surface area (Å²) in [5, 5.41) is 4.20. The molecule has 3 heterocycles. The maximum absolute atomic E-state index is 13.5. The molecule has 0 bridgehead atoms. The maximum Gasteiger partial charge on any atom is 0.266 e. The van der Waals surface area contributed by atoms with Gasteiger partial charge < -0.3 is 0 Å². The third kappa shape index (κ3) is 4.09. The van der Waals surface area contributed by atoms with E-state index in [-0.39, 0.29) is 5.56 Å². The normalized spacial score (nSPS) is 11.2. The second-order valence-corrected chi connectivity index (χ2v) is 9.35. The molecule has 0 saturated carbocycles. The average Bonchev–Trinajstić information content (AvgIpc) is 3.27. The van der Waals surface area contributed by atoms with Gasteiger partial charge in [-0.15, -0.1) is 11.3 Å². The van der Waals surface area contributed by atoms with Crippen LogP contribution in [0, 0.1) is 13.8 Å². The van der Waals surface area contributed by atoms with Gasteiger partial charge in [-0.2, -0.15) is 0 Å². The fraction of sp³-hybridized carbons (Fsp3) is 0.120. The molecule has 0 spiro atoms. The van der Waals surface area contributed by atoms with Crippen LogP contribution < -0.4 is 5.56 Å². The van der Waals surface area contributed by atoms with Crippen molar-refractivity contribution in [2.45, 2.75) is 24.8 Å². The van der Waals surface area contributed by atoms with E-state index < -0.39 is 0 Å². The first-order valence-corrected chi connectivity index (χ1v) is 12.0.